The fraction of sp³-hybridized carbons (Fsp3) is 0.294. The zero-order chi connectivity index (χ0) is 22.1. The van der Waals surface area contributed by atoms with E-state index in [1.165, 1.54) is 30.8 Å². The number of esters is 1. The van der Waals surface area contributed by atoms with Gasteiger partial charge in [0.15, 0.2) is 0 Å². The first kappa shape index (κ1) is 25.9. The summed E-state index contributed by atoms with van der Waals surface area (Å²) in [5.41, 5.74) is 0.809. The van der Waals surface area contributed by atoms with Gasteiger partial charge < -0.3 is 14.6 Å². The van der Waals surface area contributed by atoms with E-state index in [9.17, 15) is 27.9 Å². The van der Waals surface area contributed by atoms with Crippen LogP contribution in [-0.2, 0) is 29.1 Å². The van der Waals surface area contributed by atoms with Gasteiger partial charge in [0.2, 0.25) is 0 Å². The fourth-order valence-corrected chi connectivity index (χ4v) is 5.69. The number of β-lactam (4-membered cyclic amide) rings is 1. The number of amides is 1. The van der Waals surface area contributed by atoms with E-state index in [0.29, 0.717) is 12.1 Å². The van der Waals surface area contributed by atoms with E-state index in [1.807, 2.05) is 6.92 Å². The van der Waals surface area contributed by atoms with Crippen molar-refractivity contribution in [2.75, 3.05) is 12.4 Å². The number of aliphatic carboxylic acids is 1. The second kappa shape index (κ2) is 10.5. The number of carboxylic acids is 1. The zero-order valence-electron chi connectivity index (χ0n) is 16.8. The van der Waals surface area contributed by atoms with Crippen LogP contribution in [0.3, 0.4) is 0 Å². The summed E-state index contributed by atoms with van der Waals surface area (Å²) in [6.07, 6.45) is 0. The molecule has 2 aliphatic heterocycles. The van der Waals surface area contributed by atoms with E-state index in [4.69, 9.17) is 4.74 Å². The second-order valence-electron chi connectivity index (χ2n) is 6.33. The van der Waals surface area contributed by atoms with Crippen LogP contribution in [0.1, 0.15) is 12.5 Å². The SMILES string of the molecule is CC(=O)OCC1=C(C(=O)[O-])N2C(=O)/C(=N\SNS(=O)(=O)c3ccc(C)cc3)[C@H]2SC1.[Na+]. The number of hydrogen-bond donors (Lipinski definition) is 1. The number of benzene rings is 1. The molecule has 0 unspecified atom stereocenters. The number of rotatable bonds is 7. The van der Waals surface area contributed by atoms with Crippen LogP contribution in [0.25, 0.3) is 0 Å². The molecule has 1 N–H and O–H groups in total. The summed E-state index contributed by atoms with van der Waals surface area (Å²) < 4.78 is 35.5. The summed E-state index contributed by atoms with van der Waals surface area (Å²) >= 11 is 1.67. The largest absolute Gasteiger partial charge is 1.00 e. The van der Waals surface area contributed by atoms with Crippen molar-refractivity contribution in [1.29, 1.82) is 0 Å². The number of carbonyl (C=O) groups is 3. The number of hydrogen-bond acceptors (Lipinski definition) is 10. The molecule has 0 aromatic heterocycles. The molecule has 14 heteroatoms. The maximum absolute atomic E-state index is 12.4. The van der Waals surface area contributed by atoms with Gasteiger partial charge in [-0.3, -0.25) is 14.5 Å². The molecule has 0 spiro atoms. The predicted octanol–water partition coefficient (Wildman–Crippen LogP) is -3.24. The maximum atomic E-state index is 12.4. The van der Waals surface area contributed by atoms with Crippen LogP contribution in [-0.4, -0.2) is 54.6 Å². The molecule has 0 bridgehead atoms. The Morgan fingerprint density at radius 3 is 2.58 bits per heavy atom. The third kappa shape index (κ3) is 5.72. The van der Waals surface area contributed by atoms with Crippen molar-refractivity contribution in [2.45, 2.75) is 24.1 Å². The van der Waals surface area contributed by atoms with Gasteiger partial charge in [0.05, 0.1) is 28.7 Å². The van der Waals surface area contributed by atoms with Crippen molar-refractivity contribution in [2.24, 2.45) is 4.40 Å². The Kier molecular flexibility index (Phi) is 8.78. The van der Waals surface area contributed by atoms with Crippen molar-refractivity contribution >= 4 is 57.5 Å². The van der Waals surface area contributed by atoms with Crippen molar-refractivity contribution in [3.8, 4) is 0 Å². The molecular weight excluding hydrogens is 477 g/mol. The van der Waals surface area contributed by atoms with Gasteiger partial charge in [-0.05, 0) is 19.1 Å². The van der Waals surface area contributed by atoms with Gasteiger partial charge in [0.25, 0.3) is 15.9 Å². The Hall–Kier alpha value is -1.35. The van der Waals surface area contributed by atoms with Crippen molar-refractivity contribution < 1.29 is 62.2 Å². The van der Waals surface area contributed by atoms with Crippen LogP contribution in [0.15, 0.2) is 44.8 Å². The Morgan fingerprint density at radius 2 is 2.00 bits per heavy atom. The van der Waals surface area contributed by atoms with Crippen LogP contribution < -0.4 is 38.8 Å². The van der Waals surface area contributed by atoms with Gasteiger partial charge in [0, 0.05) is 18.2 Å². The van der Waals surface area contributed by atoms with E-state index in [2.05, 4.69) is 8.53 Å². The van der Waals surface area contributed by atoms with Crippen molar-refractivity contribution in [3.05, 3.63) is 41.1 Å². The molecule has 3 rings (SSSR count). The number of carbonyl (C=O) groups excluding carboxylic acids is 3. The van der Waals surface area contributed by atoms with Crippen molar-refractivity contribution in [3.63, 3.8) is 0 Å². The molecular formula is C17H16N3NaO7S3. The van der Waals surface area contributed by atoms with Crippen LogP contribution >= 0.6 is 23.9 Å². The van der Waals surface area contributed by atoms with Gasteiger partial charge in [-0.1, -0.05) is 17.7 Å². The first-order valence-electron chi connectivity index (χ1n) is 8.46. The van der Waals surface area contributed by atoms with Gasteiger partial charge in [-0.2, -0.15) is 4.40 Å². The van der Waals surface area contributed by atoms with Gasteiger partial charge in [-0.15, -0.1) is 15.9 Å². The minimum Gasteiger partial charge on any atom is -0.543 e. The van der Waals surface area contributed by atoms with E-state index >= 15 is 0 Å². The first-order chi connectivity index (χ1) is 14.1. The minimum absolute atomic E-state index is 0. The summed E-state index contributed by atoms with van der Waals surface area (Å²) in [6, 6.07) is 6.19. The molecule has 1 aromatic rings. The molecule has 2 aliphatic rings. The van der Waals surface area contributed by atoms with Gasteiger partial charge >= 0.3 is 35.5 Å². The molecule has 31 heavy (non-hydrogen) atoms. The number of ether oxygens (including phenoxy) is 1. The molecule has 0 aliphatic carbocycles. The summed E-state index contributed by atoms with van der Waals surface area (Å²) in [7, 11) is -3.84. The van der Waals surface area contributed by atoms with Crippen LogP contribution in [0.5, 0.6) is 0 Å². The average molecular weight is 494 g/mol. The molecule has 0 radical (unpaired) electrons. The molecule has 2 heterocycles. The molecule has 1 atom stereocenters. The third-order valence-electron chi connectivity index (χ3n) is 4.16. The van der Waals surface area contributed by atoms with Crippen LogP contribution in [0.4, 0.5) is 0 Å². The third-order valence-corrected chi connectivity index (χ3v) is 7.78. The minimum atomic E-state index is -3.84. The normalized spacial score (nSPS) is 19.4. The number of fused-ring (bicyclic) bond motifs is 1. The Bertz CT molecular complexity index is 1070. The first-order valence-corrected chi connectivity index (χ1v) is 11.8. The molecule has 1 fully saturated rings. The Labute approximate surface area is 209 Å². The number of aryl methyl sites for hydroxylation is 1. The summed E-state index contributed by atoms with van der Waals surface area (Å²) in [6.45, 7) is 2.75. The predicted molar refractivity (Wildman–Crippen MR) is 108 cm³/mol. The quantitative estimate of drug-likeness (QED) is 0.179. The van der Waals surface area contributed by atoms with E-state index < -0.39 is 33.2 Å². The molecule has 1 amide bonds. The topological polar surface area (TPSA) is 145 Å². The van der Waals surface area contributed by atoms with Crippen molar-refractivity contribution in [1.82, 2.24) is 9.03 Å². The second-order valence-corrected chi connectivity index (χ2v) is 9.90. The molecule has 1 saturated heterocycles. The summed E-state index contributed by atoms with van der Waals surface area (Å²) in [4.78, 5) is 36.0. The maximum Gasteiger partial charge on any atom is 1.00 e. The molecule has 160 valence electrons. The van der Waals surface area contributed by atoms with Gasteiger partial charge in [0.1, 0.15) is 17.7 Å². The Balaban J connectivity index is 0.00000341. The molecule has 0 saturated carbocycles. The molecule has 10 nitrogen and oxygen atoms in total. The number of nitrogens with one attached hydrogen (secondary N) is 1. The van der Waals surface area contributed by atoms with E-state index in [0.717, 1.165) is 10.5 Å². The fourth-order valence-electron chi connectivity index (χ4n) is 2.69. The average Bonchev–Trinajstić information content (AvgIpc) is 2.68. The standard InChI is InChI=1S/C17H17N3O7S3.Na/c1-9-3-5-12(6-4-9)30(25,26)19-29-18-13-15(22)20-14(17(23)24)11(7-27-10(2)21)8-28-16(13)20;/h3-6,16,19H,7-8H2,1-2H3,(H,23,24);/q;+1/p-1/b18-13+;/t16-;/m1./s1. The number of nitrogens with zero attached hydrogens (tertiary/aromatic N) is 2. The van der Waals surface area contributed by atoms with E-state index in [1.54, 1.807) is 12.1 Å². The number of sulfonamides is 1. The number of carboxylic acid groups (broad SMARTS) is 1. The van der Waals surface area contributed by atoms with Crippen LogP contribution in [0.2, 0.25) is 0 Å². The van der Waals surface area contributed by atoms with E-state index in [-0.39, 0.29) is 63.8 Å². The molecule has 1 aromatic carbocycles. The van der Waals surface area contributed by atoms with Gasteiger partial charge in [-0.25, -0.2) is 8.42 Å². The monoisotopic (exact) mass is 493 g/mol. The number of thioether (sulfide) groups is 1. The smallest absolute Gasteiger partial charge is 0.543 e. The zero-order valence-corrected chi connectivity index (χ0v) is 21.2. The Morgan fingerprint density at radius 1 is 1.35 bits per heavy atom. The summed E-state index contributed by atoms with van der Waals surface area (Å²) in [5.74, 6) is -2.65. The van der Waals surface area contributed by atoms with Crippen LogP contribution in [0, 0.1) is 6.92 Å². The summed E-state index contributed by atoms with van der Waals surface area (Å²) in [5, 5.41) is 10.8.